The van der Waals surface area contributed by atoms with Crippen LogP contribution in [-0.2, 0) is 26.5 Å². The number of benzene rings is 4. The molecule has 0 unspecified atom stereocenters. The summed E-state index contributed by atoms with van der Waals surface area (Å²) in [7, 11) is 3.28. The van der Waals surface area contributed by atoms with Crippen LogP contribution in [0.5, 0.6) is 11.5 Å². The van der Waals surface area contributed by atoms with E-state index < -0.39 is 24.0 Å². The molecule has 11 heteroatoms. The van der Waals surface area contributed by atoms with Gasteiger partial charge in [0.1, 0.15) is 35.8 Å². The number of aliphatic hydroxyl groups is 1. The average molecular weight is 660 g/mol. The quantitative estimate of drug-likeness (QED) is 0.112. The molecular formula is C38H37N5O6. The fourth-order valence-electron chi connectivity index (χ4n) is 6.22. The van der Waals surface area contributed by atoms with E-state index in [9.17, 15) is 5.11 Å². The SMILES string of the molecule is COc1ccc(C(OC[C@H]2O[C@@H](n3cnc4c(NOCc5ccccc5)ncnc43)C[C@@H]2O)(c2ccccc2)c2ccc(OC)cc2)cc1. The number of nitrogens with one attached hydrogen (secondary N) is 1. The highest BCUT2D eigenvalue weighted by atomic mass is 16.6. The number of hydrogen-bond acceptors (Lipinski definition) is 10. The molecule has 3 atom stereocenters. The van der Waals surface area contributed by atoms with Gasteiger partial charge in [-0.05, 0) is 46.5 Å². The normalized spacial score (nSPS) is 17.7. The van der Waals surface area contributed by atoms with Gasteiger partial charge in [-0.2, -0.15) is 0 Å². The third kappa shape index (κ3) is 6.57. The van der Waals surface area contributed by atoms with E-state index in [0.29, 0.717) is 30.0 Å². The molecule has 1 fully saturated rings. The summed E-state index contributed by atoms with van der Waals surface area (Å²) < 4.78 is 26.2. The van der Waals surface area contributed by atoms with E-state index in [4.69, 9.17) is 23.8 Å². The van der Waals surface area contributed by atoms with Crippen molar-refractivity contribution in [1.29, 1.82) is 0 Å². The van der Waals surface area contributed by atoms with Crippen molar-refractivity contribution < 1.29 is 28.9 Å². The molecular weight excluding hydrogens is 622 g/mol. The lowest BCUT2D eigenvalue weighted by molar-refractivity contribution is -0.0931. The van der Waals surface area contributed by atoms with Crippen molar-refractivity contribution in [2.45, 2.75) is 37.1 Å². The fraction of sp³-hybridized carbons (Fsp3) is 0.237. The minimum absolute atomic E-state index is 0.0896. The van der Waals surface area contributed by atoms with Crippen molar-refractivity contribution in [3.05, 3.63) is 144 Å². The van der Waals surface area contributed by atoms with Crippen molar-refractivity contribution >= 4 is 17.0 Å². The van der Waals surface area contributed by atoms with Gasteiger partial charge in [-0.3, -0.25) is 9.40 Å². The van der Waals surface area contributed by atoms with Gasteiger partial charge < -0.3 is 24.1 Å². The molecule has 4 aromatic carbocycles. The van der Waals surface area contributed by atoms with E-state index >= 15 is 0 Å². The molecule has 7 rings (SSSR count). The van der Waals surface area contributed by atoms with E-state index in [1.54, 1.807) is 25.1 Å². The molecule has 0 amide bonds. The van der Waals surface area contributed by atoms with Gasteiger partial charge in [0.25, 0.3) is 0 Å². The van der Waals surface area contributed by atoms with E-state index in [1.165, 1.54) is 6.33 Å². The molecule has 0 bridgehead atoms. The number of ether oxygens (including phenoxy) is 4. The van der Waals surface area contributed by atoms with Crippen molar-refractivity contribution in [2.75, 3.05) is 26.3 Å². The molecule has 49 heavy (non-hydrogen) atoms. The van der Waals surface area contributed by atoms with Crippen LogP contribution in [0.1, 0.15) is 34.9 Å². The summed E-state index contributed by atoms with van der Waals surface area (Å²) in [5.41, 5.74) is 6.64. The lowest BCUT2D eigenvalue weighted by atomic mass is 9.80. The minimum Gasteiger partial charge on any atom is -0.497 e. The van der Waals surface area contributed by atoms with Gasteiger partial charge in [0.2, 0.25) is 0 Å². The van der Waals surface area contributed by atoms with Crippen molar-refractivity contribution in [3.8, 4) is 11.5 Å². The maximum Gasteiger partial charge on any atom is 0.181 e. The van der Waals surface area contributed by atoms with Crippen LogP contribution in [0, 0.1) is 0 Å². The number of fused-ring (bicyclic) bond motifs is 1. The molecule has 0 radical (unpaired) electrons. The predicted molar refractivity (Wildman–Crippen MR) is 183 cm³/mol. The number of imidazole rings is 1. The van der Waals surface area contributed by atoms with Gasteiger partial charge in [0, 0.05) is 6.42 Å². The molecule has 11 nitrogen and oxygen atoms in total. The Morgan fingerprint density at radius 2 is 1.41 bits per heavy atom. The number of nitrogens with zero attached hydrogens (tertiary/aromatic N) is 4. The molecule has 0 spiro atoms. The standard InChI is InChI=1S/C38H37N5O6/c1-45-30-17-13-28(14-18-30)38(27-11-7-4-8-12-27,29-15-19-31(46-2)20-16-29)47-23-33-32(44)21-34(49-33)43-25-41-35-36(39-24-40-37(35)43)42-48-22-26-9-5-3-6-10-26/h3-20,24-25,32-34,44H,21-23H2,1-2H3,(H,39,40,42)/t32-,33+,34+/m0/s1. The van der Waals surface area contributed by atoms with Gasteiger partial charge >= 0.3 is 0 Å². The van der Waals surface area contributed by atoms with Crippen molar-refractivity contribution in [2.24, 2.45) is 0 Å². The topological polar surface area (TPSA) is 122 Å². The maximum absolute atomic E-state index is 11.3. The summed E-state index contributed by atoms with van der Waals surface area (Å²) in [5, 5.41) is 11.3. The Morgan fingerprint density at radius 3 is 2.04 bits per heavy atom. The second-order valence-corrected chi connectivity index (χ2v) is 11.7. The smallest absolute Gasteiger partial charge is 0.181 e. The number of anilines is 1. The largest absolute Gasteiger partial charge is 0.497 e. The molecule has 1 aliphatic rings. The highest BCUT2D eigenvalue weighted by Gasteiger charge is 2.42. The molecule has 1 aliphatic heterocycles. The molecule has 0 aliphatic carbocycles. The van der Waals surface area contributed by atoms with Crippen LogP contribution in [-0.4, -0.2) is 57.7 Å². The van der Waals surface area contributed by atoms with Crippen LogP contribution in [0.3, 0.4) is 0 Å². The molecule has 0 saturated carbocycles. The van der Waals surface area contributed by atoms with Gasteiger partial charge in [0.15, 0.2) is 17.0 Å². The van der Waals surface area contributed by atoms with E-state index in [1.807, 2.05) is 109 Å². The minimum atomic E-state index is -1.05. The Hall–Kier alpha value is -5.33. The molecule has 2 aromatic heterocycles. The lowest BCUT2D eigenvalue weighted by Crippen LogP contribution is -2.38. The molecule has 6 aromatic rings. The summed E-state index contributed by atoms with van der Waals surface area (Å²) in [6, 6.07) is 35.5. The number of aromatic nitrogens is 4. The van der Waals surface area contributed by atoms with Gasteiger partial charge in [0.05, 0.1) is 39.9 Å². The highest BCUT2D eigenvalue weighted by molar-refractivity contribution is 5.82. The highest BCUT2D eigenvalue weighted by Crippen LogP contribution is 2.43. The number of rotatable bonds is 13. The van der Waals surface area contributed by atoms with Crippen LogP contribution in [0.25, 0.3) is 11.2 Å². The first-order valence-corrected chi connectivity index (χ1v) is 16.0. The second-order valence-electron chi connectivity index (χ2n) is 11.7. The molecule has 1 saturated heterocycles. The zero-order valence-corrected chi connectivity index (χ0v) is 27.2. The first kappa shape index (κ1) is 32.2. The number of hydrogen-bond donors (Lipinski definition) is 2. The monoisotopic (exact) mass is 659 g/mol. The fourth-order valence-corrected chi connectivity index (χ4v) is 6.22. The zero-order valence-electron chi connectivity index (χ0n) is 27.2. The summed E-state index contributed by atoms with van der Waals surface area (Å²) >= 11 is 0. The van der Waals surface area contributed by atoms with Crippen LogP contribution < -0.4 is 15.0 Å². The van der Waals surface area contributed by atoms with Crippen molar-refractivity contribution in [1.82, 2.24) is 19.5 Å². The van der Waals surface area contributed by atoms with E-state index in [2.05, 4.69) is 20.4 Å². The zero-order chi connectivity index (χ0) is 33.6. The summed E-state index contributed by atoms with van der Waals surface area (Å²) in [5.74, 6) is 1.90. The molecule has 2 N–H and O–H groups in total. The molecule has 250 valence electrons. The third-order valence-electron chi connectivity index (χ3n) is 8.76. The summed E-state index contributed by atoms with van der Waals surface area (Å²) in [6.07, 6.45) is 1.42. The van der Waals surface area contributed by atoms with Crippen LogP contribution >= 0.6 is 0 Å². The Bertz CT molecular complexity index is 1910. The summed E-state index contributed by atoms with van der Waals surface area (Å²) in [6.45, 7) is 0.441. The van der Waals surface area contributed by atoms with E-state index in [-0.39, 0.29) is 6.61 Å². The second kappa shape index (κ2) is 14.4. The Morgan fingerprint density at radius 1 is 0.796 bits per heavy atom. The average Bonchev–Trinajstić information content (AvgIpc) is 3.77. The summed E-state index contributed by atoms with van der Waals surface area (Å²) in [4.78, 5) is 19.0. The Labute approximate surface area is 284 Å². The number of aliphatic hydroxyl groups excluding tert-OH is 1. The third-order valence-corrected chi connectivity index (χ3v) is 8.76. The van der Waals surface area contributed by atoms with Crippen LogP contribution in [0.15, 0.2) is 122 Å². The Balaban J connectivity index is 1.15. The maximum atomic E-state index is 11.3. The van der Waals surface area contributed by atoms with Gasteiger partial charge in [-0.25, -0.2) is 20.4 Å². The Kier molecular flexibility index (Phi) is 9.49. The van der Waals surface area contributed by atoms with Crippen LogP contribution in [0.4, 0.5) is 5.82 Å². The van der Waals surface area contributed by atoms with Crippen molar-refractivity contribution in [3.63, 3.8) is 0 Å². The lowest BCUT2D eigenvalue weighted by Gasteiger charge is -2.37. The predicted octanol–water partition coefficient (Wildman–Crippen LogP) is 6.04. The number of methoxy groups -OCH3 is 2. The van der Waals surface area contributed by atoms with Crippen LogP contribution in [0.2, 0.25) is 0 Å². The van der Waals surface area contributed by atoms with E-state index in [0.717, 1.165) is 33.8 Å². The molecule has 3 heterocycles. The van der Waals surface area contributed by atoms with Gasteiger partial charge in [-0.15, -0.1) is 0 Å². The first-order chi connectivity index (χ1) is 24.1. The van der Waals surface area contributed by atoms with Gasteiger partial charge in [-0.1, -0.05) is 84.9 Å². The first-order valence-electron chi connectivity index (χ1n) is 16.0.